The summed E-state index contributed by atoms with van der Waals surface area (Å²) in [5.74, 6) is 0.00952. The van der Waals surface area contributed by atoms with E-state index in [4.69, 9.17) is 10.5 Å². The molecular weight excluding hydrogens is 278 g/mol. The summed E-state index contributed by atoms with van der Waals surface area (Å²) in [6.07, 6.45) is 1.65. The molecule has 2 aromatic carbocycles. The molecule has 0 spiro atoms. The fourth-order valence-corrected chi connectivity index (χ4v) is 2.01. The lowest BCUT2D eigenvalue weighted by molar-refractivity contribution is 0.469. The molecule has 0 saturated heterocycles. The van der Waals surface area contributed by atoms with Gasteiger partial charge in [0.1, 0.15) is 17.1 Å². The van der Waals surface area contributed by atoms with Gasteiger partial charge in [-0.05, 0) is 30.3 Å². The fourth-order valence-electron chi connectivity index (χ4n) is 2.01. The lowest BCUT2D eigenvalue weighted by Crippen LogP contribution is -1.96. The molecule has 6 heteroatoms. The Bertz CT molecular complexity index is 913. The van der Waals surface area contributed by atoms with Gasteiger partial charge >= 0.3 is 0 Å². The van der Waals surface area contributed by atoms with Crippen molar-refractivity contribution < 1.29 is 5.11 Å². The molecule has 1 heterocycles. The Morgan fingerprint density at radius 2 is 1.64 bits per heavy atom. The number of nitriles is 2. The van der Waals surface area contributed by atoms with Crippen LogP contribution in [-0.4, -0.2) is 20.1 Å². The summed E-state index contributed by atoms with van der Waals surface area (Å²) < 4.78 is 1.41. The Balaban J connectivity index is 2.00. The van der Waals surface area contributed by atoms with Gasteiger partial charge in [-0.2, -0.15) is 10.5 Å². The minimum Gasteiger partial charge on any atom is -0.506 e. The number of phenols is 1. The van der Waals surface area contributed by atoms with Crippen LogP contribution in [-0.2, 0) is 0 Å². The third-order valence-electron chi connectivity index (χ3n) is 3.15. The summed E-state index contributed by atoms with van der Waals surface area (Å²) in [6, 6.07) is 15.5. The Kier molecular flexibility index (Phi) is 3.27. The van der Waals surface area contributed by atoms with Crippen molar-refractivity contribution in [2.75, 3.05) is 0 Å². The molecule has 0 radical (unpaired) electrons. The average molecular weight is 287 g/mol. The quantitative estimate of drug-likeness (QED) is 0.780. The Morgan fingerprint density at radius 1 is 0.955 bits per heavy atom. The lowest BCUT2D eigenvalue weighted by atomic mass is 10.1. The summed E-state index contributed by atoms with van der Waals surface area (Å²) in [5.41, 5.74) is 2.78. The van der Waals surface area contributed by atoms with E-state index in [-0.39, 0.29) is 5.75 Å². The minimum absolute atomic E-state index is 0.00952. The zero-order chi connectivity index (χ0) is 15.5. The molecule has 3 aromatic rings. The van der Waals surface area contributed by atoms with Crippen LogP contribution in [0.25, 0.3) is 16.9 Å². The van der Waals surface area contributed by atoms with E-state index in [2.05, 4.69) is 16.4 Å². The van der Waals surface area contributed by atoms with Gasteiger partial charge in [0.15, 0.2) is 0 Å². The first-order valence-corrected chi connectivity index (χ1v) is 6.37. The average Bonchev–Trinajstić information content (AvgIpc) is 3.05. The molecule has 1 N–H and O–H groups in total. The first kappa shape index (κ1) is 13.3. The highest BCUT2D eigenvalue weighted by molar-refractivity contribution is 5.60. The van der Waals surface area contributed by atoms with Crippen LogP contribution in [0.15, 0.2) is 48.7 Å². The predicted octanol–water partition coefficient (Wildman–Crippen LogP) is 2.38. The molecule has 0 atom stereocenters. The maximum absolute atomic E-state index is 9.90. The van der Waals surface area contributed by atoms with Crippen molar-refractivity contribution in [1.29, 1.82) is 10.5 Å². The second kappa shape index (κ2) is 5.39. The third kappa shape index (κ3) is 2.37. The largest absolute Gasteiger partial charge is 0.506 e. The fraction of sp³-hybridized carbons (Fsp3) is 0. The molecule has 0 aliphatic heterocycles. The molecule has 0 unspecified atom stereocenters. The molecule has 1 aromatic heterocycles. The van der Waals surface area contributed by atoms with E-state index in [1.165, 1.54) is 22.9 Å². The van der Waals surface area contributed by atoms with Crippen LogP contribution in [0.5, 0.6) is 5.75 Å². The van der Waals surface area contributed by atoms with Gasteiger partial charge in [0, 0.05) is 5.56 Å². The van der Waals surface area contributed by atoms with Gasteiger partial charge in [0.2, 0.25) is 0 Å². The topological polar surface area (TPSA) is 98.5 Å². The highest BCUT2D eigenvalue weighted by Crippen LogP contribution is 2.24. The Hall–Kier alpha value is -3.64. The molecular formula is C16H9N5O. The summed E-state index contributed by atoms with van der Waals surface area (Å²) >= 11 is 0. The second-order valence-corrected chi connectivity index (χ2v) is 4.55. The van der Waals surface area contributed by atoms with Gasteiger partial charge in [-0.25, -0.2) is 4.68 Å². The van der Waals surface area contributed by atoms with E-state index in [0.717, 1.165) is 5.56 Å². The number of hydrogen-bond donors (Lipinski definition) is 1. The standard InChI is InChI=1S/C16H9N5O/c17-8-11-1-4-13(5-2-11)14-10-21(20-19-14)15-7-12(9-18)3-6-16(15)22/h1-7,10,22H. The maximum Gasteiger partial charge on any atom is 0.141 e. The highest BCUT2D eigenvalue weighted by atomic mass is 16.3. The number of phenolic OH excluding ortho intramolecular Hbond substituents is 1. The number of aromatic nitrogens is 3. The normalized spacial score (nSPS) is 9.91. The lowest BCUT2D eigenvalue weighted by Gasteiger charge is -2.03. The van der Waals surface area contributed by atoms with Crippen molar-refractivity contribution in [3.8, 4) is 34.8 Å². The van der Waals surface area contributed by atoms with E-state index < -0.39 is 0 Å². The zero-order valence-electron chi connectivity index (χ0n) is 11.3. The monoisotopic (exact) mass is 287 g/mol. The smallest absolute Gasteiger partial charge is 0.141 e. The van der Waals surface area contributed by atoms with Crippen molar-refractivity contribution >= 4 is 0 Å². The van der Waals surface area contributed by atoms with Gasteiger partial charge in [0.25, 0.3) is 0 Å². The molecule has 3 rings (SSSR count). The van der Waals surface area contributed by atoms with Crippen LogP contribution in [0.1, 0.15) is 11.1 Å². The second-order valence-electron chi connectivity index (χ2n) is 4.55. The molecule has 0 bridgehead atoms. The van der Waals surface area contributed by atoms with Crippen LogP contribution < -0.4 is 0 Å². The van der Waals surface area contributed by atoms with Crippen molar-refractivity contribution in [3.63, 3.8) is 0 Å². The highest BCUT2D eigenvalue weighted by Gasteiger charge is 2.09. The molecule has 0 fully saturated rings. The van der Waals surface area contributed by atoms with Crippen LogP contribution in [0, 0.1) is 22.7 Å². The first-order chi connectivity index (χ1) is 10.7. The van der Waals surface area contributed by atoms with Gasteiger partial charge < -0.3 is 5.11 Å². The summed E-state index contributed by atoms with van der Waals surface area (Å²) in [5, 5.41) is 35.6. The van der Waals surface area contributed by atoms with Crippen molar-refractivity contribution in [1.82, 2.24) is 15.0 Å². The molecule has 0 amide bonds. The molecule has 0 saturated carbocycles. The summed E-state index contributed by atoms with van der Waals surface area (Å²) in [6.45, 7) is 0. The number of rotatable bonds is 2. The van der Waals surface area contributed by atoms with Crippen molar-refractivity contribution in [3.05, 3.63) is 59.8 Å². The molecule has 0 aliphatic carbocycles. The number of hydrogen-bond acceptors (Lipinski definition) is 5. The third-order valence-corrected chi connectivity index (χ3v) is 3.15. The van der Waals surface area contributed by atoms with Crippen molar-refractivity contribution in [2.24, 2.45) is 0 Å². The van der Waals surface area contributed by atoms with Crippen LogP contribution in [0.3, 0.4) is 0 Å². The van der Waals surface area contributed by atoms with Gasteiger partial charge in [-0.1, -0.05) is 17.3 Å². The van der Waals surface area contributed by atoms with Crippen LogP contribution in [0.2, 0.25) is 0 Å². The minimum atomic E-state index is 0.00952. The van der Waals surface area contributed by atoms with Gasteiger partial charge in [0.05, 0.1) is 29.5 Å². The van der Waals surface area contributed by atoms with Gasteiger partial charge in [-0.3, -0.25) is 0 Å². The number of benzene rings is 2. The first-order valence-electron chi connectivity index (χ1n) is 6.37. The van der Waals surface area contributed by atoms with E-state index in [0.29, 0.717) is 22.5 Å². The Labute approximate surface area is 126 Å². The molecule has 22 heavy (non-hydrogen) atoms. The summed E-state index contributed by atoms with van der Waals surface area (Å²) in [4.78, 5) is 0. The zero-order valence-corrected chi connectivity index (χ0v) is 11.3. The molecule has 104 valence electrons. The Morgan fingerprint density at radius 3 is 2.32 bits per heavy atom. The predicted molar refractivity (Wildman–Crippen MR) is 77.9 cm³/mol. The summed E-state index contributed by atoms with van der Waals surface area (Å²) in [7, 11) is 0. The van der Waals surface area contributed by atoms with E-state index in [9.17, 15) is 5.11 Å². The van der Waals surface area contributed by atoms with Crippen LogP contribution in [0.4, 0.5) is 0 Å². The van der Waals surface area contributed by atoms with E-state index in [1.54, 1.807) is 30.5 Å². The van der Waals surface area contributed by atoms with Gasteiger partial charge in [-0.15, -0.1) is 5.10 Å². The van der Waals surface area contributed by atoms with Crippen LogP contribution >= 0.6 is 0 Å². The number of aromatic hydroxyl groups is 1. The number of nitrogens with zero attached hydrogens (tertiary/aromatic N) is 5. The molecule has 0 aliphatic rings. The maximum atomic E-state index is 9.90. The molecule has 6 nitrogen and oxygen atoms in total. The van der Waals surface area contributed by atoms with Crippen molar-refractivity contribution in [2.45, 2.75) is 0 Å². The van der Waals surface area contributed by atoms with E-state index >= 15 is 0 Å². The SMILES string of the molecule is N#Cc1ccc(-c2cn(-c3cc(C#N)ccc3O)nn2)cc1. The van der Waals surface area contributed by atoms with E-state index in [1.807, 2.05) is 6.07 Å².